The average Bonchev–Trinajstić information content (AvgIpc) is 3.37. The molecule has 1 saturated heterocycles. The van der Waals surface area contributed by atoms with Gasteiger partial charge in [0.25, 0.3) is 10.0 Å². The number of hydrogen-bond donors (Lipinski definition) is 1. The van der Waals surface area contributed by atoms with Crippen LogP contribution in [0.15, 0.2) is 35.7 Å². The number of piperidine rings is 1. The minimum atomic E-state index is -3.62. The van der Waals surface area contributed by atoms with Crippen molar-refractivity contribution in [2.75, 3.05) is 40.4 Å². The van der Waals surface area contributed by atoms with E-state index in [0.717, 1.165) is 28.9 Å². The van der Waals surface area contributed by atoms with Crippen molar-refractivity contribution in [3.63, 3.8) is 0 Å². The van der Waals surface area contributed by atoms with Crippen molar-refractivity contribution in [2.24, 2.45) is 14.1 Å². The Morgan fingerprint density at radius 1 is 1.21 bits per heavy atom. The summed E-state index contributed by atoms with van der Waals surface area (Å²) in [6.45, 7) is 1.67. The van der Waals surface area contributed by atoms with Crippen molar-refractivity contribution in [1.82, 2.24) is 23.3 Å². The number of aromatic nitrogens is 3. The molecule has 1 fully saturated rings. The molecule has 2 aliphatic rings. The monoisotopic (exact) mass is 473 g/mol. The highest BCUT2D eigenvalue weighted by molar-refractivity contribution is 7.89. The largest absolute Gasteiger partial charge is 0.497 e. The number of aliphatic hydroxyl groups excluding tert-OH is 1. The Morgan fingerprint density at radius 2 is 1.94 bits per heavy atom. The van der Waals surface area contributed by atoms with Gasteiger partial charge in [0.05, 0.1) is 31.6 Å². The fourth-order valence-corrected chi connectivity index (χ4v) is 7.24. The summed E-state index contributed by atoms with van der Waals surface area (Å²) in [4.78, 5) is 6.29. The molecule has 0 amide bonds. The van der Waals surface area contributed by atoms with Crippen molar-refractivity contribution in [3.8, 4) is 5.75 Å². The van der Waals surface area contributed by atoms with Crippen LogP contribution in [0.25, 0.3) is 10.9 Å². The van der Waals surface area contributed by atoms with Gasteiger partial charge in [0.1, 0.15) is 5.75 Å². The Kier molecular flexibility index (Phi) is 5.32. The first-order valence-electron chi connectivity index (χ1n) is 11.2. The number of likely N-dealkylation sites (N-methyl/N-ethyl adjacent to an activating group) is 1. The van der Waals surface area contributed by atoms with Crippen LogP contribution < -0.4 is 4.74 Å². The van der Waals surface area contributed by atoms with Crippen molar-refractivity contribution < 1.29 is 18.3 Å². The number of hydrogen-bond acceptors (Lipinski definition) is 6. The van der Waals surface area contributed by atoms with Crippen LogP contribution in [0.1, 0.15) is 30.1 Å². The molecule has 33 heavy (non-hydrogen) atoms. The predicted octanol–water partition coefficient (Wildman–Crippen LogP) is 1.62. The van der Waals surface area contributed by atoms with Gasteiger partial charge in [0.15, 0.2) is 5.03 Å². The SMILES string of the molecule is COc1ccc2c3c(n(C)c2c1)[C@H](CO)N(C)CC31CCN(S(=O)(=O)c2cn(C)cn2)CC1. The van der Waals surface area contributed by atoms with E-state index in [1.165, 1.54) is 11.9 Å². The van der Waals surface area contributed by atoms with Gasteiger partial charge in [-0.3, -0.25) is 4.90 Å². The summed E-state index contributed by atoms with van der Waals surface area (Å²) in [6.07, 6.45) is 4.48. The molecular formula is C23H31N5O4S. The van der Waals surface area contributed by atoms with Crippen LogP contribution in [0.2, 0.25) is 0 Å². The zero-order valence-corrected chi connectivity index (χ0v) is 20.3. The van der Waals surface area contributed by atoms with Crippen LogP contribution >= 0.6 is 0 Å². The van der Waals surface area contributed by atoms with Gasteiger partial charge < -0.3 is 19.0 Å². The van der Waals surface area contributed by atoms with Gasteiger partial charge in [-0.2, -0.15) is 4.31 Å². The number of sulfonamides is 1. The van der Waals surface area contributed by atoms with Crippen LogP contribution in [-0.2, 0) is 29.5 Å². The number of fused-ring (bicyclic) bond motifs is 4. The van der Waals surface area contributed by atoms with Crippen LogP contribution in [0, 0.1) is 0 Å². The second-order valence-electron chi connectivity index (χ2n) is 9.38. The van der Waals surface area contributed by atoms with Gasteiger partial charge >= 0.3 is 0 Å². The van der Waals surface area contributed by atoms with E-state index in [0.29, 0.717) is 25.9 Å². The quantitative estimate of drug-likeness (QED) is 0.619. The minimum absolute atomic E-state index is 0.0288. The zero-order chi connectivity index (χ0) is 23.5. The molecule has 2 aliphatic heterocycles. The summed E-state index contributed by atoms with van der Waals surface area (Å²) in [7, 11) is 3.89. The number of nitrogens with zero attached hydrogens (tertiary/aromatic N) is 5. The van der Waals surface area contributed by atoms with E-state index in [1.54, 1.807) is 29.2 Å². The Morgan fingerprint density at radius 3 is 2.55 bits per heavy atom. The van der Waals surface area contributed by atoms with E-state index in [1.807, 2.05) is 26.2 Å². The number of ether oxygens (including phenoxy) is 1. The summed E-state index contributed by atoms with van der Waals surface area (Å²) in [6, 6.07) is 6.01. The van der Waals surface area contributed by atoms with Crippen LogP contribution in [0.4, 0.5) is 0 Å². The van der Waals surface area contributed by atoms with Gasteiger partial charge in [-0.05, 0) is 37.6 Å². The Labute approximate surface area is 194 Å². The second kappa shape index (κ2) is 7.83. The molecule has 0 unspecified atom stereocenters. The van der Waals surface area contributed by atoms with Crippen LogP contribution in [0.5, 0.6) is 5.75 Å². The lowest BCUT2D eigenvalue weighted by atomic mass is 9.68. The highest BCUT2D eigenvalue weighted by atomic mass is 32.2. The standard InChI is InChI=1S/C23H31N5O4S/c1-25-12-20(24-15-25)33(30,31)28-9-7-23(8-10-28)14-26(2)19(13-29)22-21(23)17-6-5-16(32-4)11-18(17)27(22)3/h5-6,11-12,15,19,29H,7-10,13-14H2,1-4H3/t19-/m0/s1. The van der Waals surface area contributed by atoms with E-state index in [-0.39, 0.29) is 23.1 Å². The third-order valence-electron chi connectivity index (χ3n) is 7.52. The van der Waals surface area contributed by atoms with Gasteiger partial charge in [0.2, 0.25) is 0 Å². The third-order valence-corrected chi connectivity index (χ3v) is 9.31. The summed E-state index contributed by atoms with van der Waals surface area (Å²) < 4.78 is 37.2. The summed E-state index contributed by atoms with van der Waals surface area (Å²) in [5, 5.41) is 11.5. The minimum Gasteiger partial charge on any atom is -0.497 e. The highest BCUT2D eigenvalue weighted by Gasteiger charge is 2.48. The normalized spacial score (nSPS) is 21.5. The lowest BCUT2D eigenvalue weighted by molar-refractivity contribution is 0.0775. The van der Waals surface area contributed by atoms with E-state index in [2.05, 4.69) is 20.5 Å². The molecule has 1 N–H and O–H groups in total. The lowest BCUT2D eigenvalue weighted by Crippen LogP contribution is -2.53. The Balaban J connectivity index is 1.57. The van der Waals surface area contributed by atoms with Gasteiger partial charge in [-0.25, -0.2) is 13.4 Å². The maximum Gasteiger partial charge on any atom is 0.262 e. The molecule has 0 aliphatic carbocycles. The third kappa shape index (κ3) is 3.30. The number of benzene rings is 1. The first-order valence-corrected chi connectivity index (χ1v) is 12.6. The number of methoxy groups -OCH3 is 1. The lowest BCUT2D eigenvalue weighted by Gasteiger charge is -2.49. The Bertz CT molecular complexity index is 1300. The second-order valence-corrected chi connectivity index (χ2v) is 11.3. The van der Waals surface area contributed by atoms with Crippen molar-refractivity contribution in [1.29, 1.82) is 0 Å². The molecule has 0 radical (unpaired) electrons. The molecule has 3 aromatic rings. The number of imidazole rings is 1. The summed E-state index contributed by atoms with van der Waals surface area (Å²) in [5.41, 5.74) is 3.22. The summed E-state index contributed by atoms with van der Waals surface area (Å²) >= 11 is 0. The molecule has 1 spiro atoms. The van der Waals surface area contributed by atoms with Crippen molar-refractivity contribution in [3.05, 3.63) is 42.0 Å². The topological polar surface area (TPSA) is 92.8 Å². The smallest absolute Gasteiger partial charge is 0.262 e. The van der Waals surface area contributed by atoms with Gasteiger partial charge in [-0.15, -0.1) is 0 Å². The van der Waals surface area contributed by atoms with Crippen molar-refractivity contribution in [2.45, 2.75) is 29.3 Å². The molecule has 0 saturated carbocycles. The molecule has 2 aromatic heterocycles. The molecule has 9 nitrogen and oxygen atoms in total. The average molecular weight is 474 g/mol. The predicted molar refractivity (Wildman–Crippen MR) is 125 cm³/mol. The number of aliphatic hydroxyl groups is 1. The molecule has 1 atom stereocenters. The van der Waals surface area contributed by atoms with Crippen LogP contribution in [0.3, 0.4) is 0 Å². The molecule has 5 rings (SSSR count). The molecule has 10 heteroatoms. The van der Waals surface area contributed by atoms with Gasteiger partial charge in [0, 0.05) is 62.5 Å². The molecule has 0 bridgehead atoms. The fraction of sp³-hybridized carbons (Fsp3) is 0.522. The highest BCUT2D eigenvalue weighted by Crippen LogP contribution is 2.49. The fourth-order valence-electron chi connectivity index (χ4n) is 5.83. The van der Waals surface area contributed by atoms with Crippen molar-refractivity contribution >= 4 is 20.9 Å². The first kappa shape index (κ1) is 22.4. The molecule has 1 aromatic carbocycles. The van der Waals surface area contributed by atoms with Gasteiger partial charge in [-0.1, -0.05) is 0 Å². The Hall–Kier alpha value is -2.40. The molecule has 178 valence electrons. The van der Waals surface area contributed by atoms with E-state index >= 15 is 0 Å². The molecule has 4 heterocycles. The van der Waals surface area contributed by atoms with Crippen LogP contribution in [-0.4, -0.2) is 77.2 Å². The molecular weight excluding hydrogens is 442 g/mol. The number of aryl methyl sites for hydroxylation is 2. The summed E-state index contributed by atoms with van der Waals surface area (Å²) in [5.74, 6) is 0.791. The van der Waals surface area contributed by atoms with E-state index < -0.39 is 10.0 Å². The van der Waals surface area contributed by atoms with E-state index in [4.69, 9.17) is 4.74 Å². The number of rotatable bonds is 4. The van der Waals surface area contributed by atoms with E-state index in [9.17, 15) is 13.5 Å². The maximum absolute atomic E-state index is 13.2. The maximum atomic E-state index is 13.2. The first-order chi connectivity index (χ1) is 15.7. The zero-order valence-electron chi connectivity index (χ0n) is 19.5.